The summed E-state index contributed by atoms with van der Waals surface area (Å²) in [5, 5.41) is 2.97. The molecule has 25 heavy (non-hydrogen) atoms. The van der Waals surface area contributed by atoms with Crippen LogP contribution in [0, 0.1) is 5.82 Å². The van der Waals surface area contributed by atoms with Gasteiger partial charge in [0.15, 0.2) is 0 Å². The predicted molar refractivity (Wildman–Crippen MR) is 90.9 cm³/mol. The van der Waals surface area contributed by atoms with Gasteiger partial charge in [-0.05, 0) is 49.1 Å². The van der Waals surface area contributed by atoms with E-state index >= 15 is 0 Å². The molecule has 0 unspecified atom stereocenters. The number of pyridine rings is 1. The monoisotopic (exact) mass is 337 g/mol. The lowest BCUT2D eigenvalue weighted by atomic mass is 9.71. The maximum Gasteiger partial charge on any atom is 0.270 e. The Kier molecular flexibility index (Phi) is 3.60. The number of carbonyl (C=O) groups is 1. The van der Waals surface area contributed by atoms with Crippen LogP contribution in [-0.4, -0.2) is 15.3 Å². The molecule has 0 radical (unpaired) electrons. The Morgan fingerprint density at radius 1 is 1.16 bits per heavy atom. The summed E-state index contributed by atoms with van der Waals surface area (Å²) < 4.78 is 14.5. The van der Waals surface area contributed by atoms with Crippen LogP contribution in [0.5, 0.6) is 0 Å². The highest BCUT2D eigenvalue weighted by molar-refractivity contribution is 5.94. The summed E-state index contributed by atoms with van der Waals surface area (Å²) in [6.07, 6.45) is 5.37. The zero-order valence-corrected chi connectivity index (χ0v) is 13.4. The first-order chi connectivity index (χ1) is 12.1. The summed E-state index contributed by atoms with van der Waals surface area (Å²) in [5.74, 6) is -0.777. The summed E-state index contributed by atoms with van der Waals surface area (Å²) in [5.41, 5.74) is 0.380. The minimum atomic E-state index is -0.548. The van der Waals surface area contributed by atoms with Gasteiger partial charge in [-0.3, -0.25) is 14.0 Å². The third kappa shape index (κ3) is 2.59. The molecule has 2 heterocycles. The number of halogens is 1. The molecular weight excluding hydrogens is 321 g/mol. The van der Waals surface area contributed by atoms with E-state index in [0.717, 1.165) is 24.8 Å². The second-order valence-corrected chi connectivity index (χ2v) is 6.30. The Balaban J connectivity index is 1.68. The molecule has 1 saturated carbocycles. The summed E-state index contributed by atoms with van der Waals surface area (Å²) in [7, 11) is 0. The Morgan fingerprint density at radius 2 is 1.92 bits per heavy atom. The molecule has 0 atom stereocenters. The SMILES string of the molecule is O=C(NC1(c2ccc(F)cc2)CCC1)c1cnc2ccccn2c1=O. The van der Waals surface area contributed by atoms with E-state index in [1.54, 1.807) is 36.5 Å². The van der Waals surface area contributed by atoms with Crippen molar-refractivity contribution in [1.29, 1.82) is 0 Å². The van der Waals surface area contributed by atoms with Gasteiger partial charge in [-0.1, -0.05) is 18.2 Å². The van der Waals surface area contributed by atoms with Gasteiger partial charge in [-0.25, -0.2) is 9.37 Å². The van der Waals surface area contributed by atoms with E-state index < -0.39 is 17.0 Å². The van der Waals surface area contributed by atoms with Crippen LogP contribution in [0.2, 0.25) is 0 Å². The van der Waals surface area contributed by atoms with E-state index in [4.69, 9.17) is 0 Å². The summed E-state index contributed by atoms with van der Waals surface area (Å²) in [6, 6.07) is 11.3. The number of nitrogens with one attached hydrogen (secondary N) is 1. The van der Waals surface area contributed by atoms with Gasteiger partial charge in [0, 0.05) is 12.4 Å². The number of benzene rings is 1. The number of rotatable bonds is 3. The Hall–Kier alpha value is -3.02. The van der Waals surface area contributed by atoms with Gasteiger partial charge in [0.2, 0.25) is 0 Å². The van der Waals surface area contributed by atoms with Crippen molar-refractivity contribution in [2.24, 2.45) is 0 Å². The number of amides is 1. The van der Waals surface area contributed by atoms with Crippen LogP contribution < -0.4 is 10.9 Å². The van der Waals surface area contributed by atoms with Crippen LogP contribution in [0.4, 0.5) is 4.39 Å². The van der Waals surface area contributed by atoms with Gasteiger partial charge in [0.25, 0.3) is 11.5 Å². The van der Waals surface area contributed by atoms with Crippen LogP contribution in [-0.2, 0) is 5.54 Å². The highest BCUT2D eigenvalue weighted by atomic mass is 19.1. The molecule has 1 fully saturated rings. The zero-order chi connectivity index (χ0) is 17.4. The molecule has 1 aliphatic rings. The van der Waals surface area contributed by atoms with Gasteiger partial charge in [-0.15, -0.1) is 0 Å². The number of hydrogen-bond acceptors (Lipinski definition) is 3. The van der Waals surface area contributed by atoms with Crippen molar-refractivity contribution in [1.82, 2.24) is 14.7 Å². The molecule has 0 saturated heterocycles. The maximum absolute atomic E-state index is 13.2. The van der Waals surface area contributed by atoms with Crippen LogP contribution in [0.15, 0.2) is 59.7 Å². The van der Waals surface area contributed by atoms with Crippen LogP contribution >= 0.6 is 0 Å². The van der Waals surface area contributed by atoms with E-state index in [2.05, 4.69) is 10.3 Å². The van der Waals surface area contributed by atoms with Crippen molar-refractivity contribution in [3.63, 3.8) is 0 Å². The van der Waals surface area contributed by atoms with Crippen molar-refractivity contribution in [3.8, 4) is 0 Å². The first-order valence-electron chi connectivity index (χ1n) is 8.14. The molecular formula is C19H16FN3O2. The van der Waals surface area contributed by atoms with E-state index in [0.29, 0.717) is 5.65 Å². The second-order valence-electron chi connectivity index (χ2n) is 6.30. The van der Waals surface area contributed by atoms with E-state index in [-0.39, 0.29) is 11.4 Å². The number of nitrogens with zero attached hydrogens (tertiary/aromatic N) is 2. The lowest BCUT2D eigenvalue weighted by Gasteiger charge is -2.43. The fourth-order valence-electron chi connectivity index (χ4n) is 3.25. The lowest BCUT2D eigenvalue weighted by Crippen LogP contribution is -2.51. The molecule has 126 valence electrons. The molecule has 2 aromatic heterocycles. The minimum Gasteiger partial charge on any atom is -0.342 e. The predicted octanol–water partition coefficient (Wildman–Crippen LogP) is 2.64. The molecule has 3 aromatic rings. The van der Waals surface area contributed by atoms with Crippen molar-refractivity contribution >= 4 is 11.6 Å². The van der Waals surface area contributed by atoms with Gasteiger partial charge in [0.05, 0.1) is 5.54 Å². The summed E-state index contributed by atoms with van der Waals surface area (Å²) in [6.45, 7) is 0. The van der Waals surface area contributed by atoms with Gasteiger partial charge < -0.3 is 5.32 Å². The molecule has 6 heteroatoms. The maximum atomic E-state index is 13.2. The molecule has 0 bridgehead atoms. The average molecular weight is 337 g/mol. The highest BCUT2D eigenvalue weighted by Gasteiger charge is 2.40. The third-order valence-electron chi connectivity index (χ3n) is 4.81. The Morgan fingerprint density at radius 3 is 2.60 bits per heavy atom. The van der Waals surface area contributed by atoms with Crippen molar-refractivity contribution in [2.75, 3.05) is 0 Å². The van der Waals surface area contributed by atoms with E-state index in [1.165, 1.54) is 22.7 Å². The molecule has 1 aromatic carbocycles. The zero-order valence-electron chi connectivity index (χ0n) is 13.4. The Bertz CT molecular complexity index is 1010. The van der Waals surface area contributed by atoms with E-state index in [1.807, 2.05) is 0 Å². The average Bonchev–Trinajstić information content (AvgIpc) is 2.59. The first kappa shape index (κ1) is 15.5. The first-order valence-corrected chi connectivity index (χ1v) is 8.14. The highest BCUT2D eigenvalue weighted by Crippen LogP contribution is 2.41. The van der Waals surface area contributed by atoms with Crippen molar-refractivity contribution < 1.29 is 9.18 Å². The van der Waals surface area contributed by atoms with Gasteiger partial charge in [0.1, 0.15) is 17.0 Å². The van der Waals surface area contributed by atoms with Crippen LogP contribution in [0.3, 0.4) is 0 Å². The molecule has 1 aliphatic carbocycles. The Labute approximate surface area is 143 Å². The van der Waals surface area contributed by atoms with E-state index in [9.17, 15) is 14.0 Å². The minimum absolute atomic E-state index is 0.00270. The quantitative estimate of drug-likeness (QED) is 0.799. The number of aromatic nitrogens is 2. The smallest absolute Gasteiger partial charge is 0.270 e. The van der Waals surface area contributed by atoms with Crippen molar-refractivity contribution in [3.05, 3.63) is 82.2 Å². The lowest BCUT2D eigenvalue weighted by molar-refractivity contribution is 0.0821. The van der Waals surface area contributed by atoms with Gasteiger partial charge >= 0.3 is 0 Å². The van der Waals surface area contributed by atoms with Crippen LogP contribution in [0.25, 0.3) is 5.65 Å². The molecule has 0 spiro atoms. The normalized spacial score (nSPS) is 15.6. The fraction of sp³-hybridized carbons (Fsp3) is 0.211. The standard InChI is InChI=1S/C19H16FN3O2/c20-14-7-5-13(6-8-14)19(9-3-10-19)22-17(24)15-12-21-16-4-1-2-11-23(16)18(15)25/h1-2,4-8,11-12H,3,9-10H2,(H,22,24). The molecule has 0 aliphatic heterocycles. The third-order valence-corrected chi connectivity index (χ3v) is 4.81. The fourth-order valence-corrected chi connectivity index (χ4v) is 3.25. The topological polar surface area (TPSA) is 63.5 Å². The number of fused-ring (bicyclic) bond motifs is 1. The molecule has 4 rings (SSSR count). The molecule has 5 nitrogen and oxygen atoms in total. The van der Waals surface area contributed by atoms with Crippen LogP contribution in [0.1, 0.15) is 35.2 Å². The molecule has 1 N–H and O–H groups in total. The van der Waals surface area contributed by atoms with Gasteiger partial charge in [-0.2, -0.15) is 0 Å². The van der Waals surface area contributed by atoms with Crippen molar-refractivity contribution in [2.45, 2.75) is 24.8 Å². The number of hydrogen-bond donors (Lipinski definition) is 1. The largest absolute Gasteiger partial charge is 0.342 e. The second kappa shape index (κ2) is 5.81. The summed E-state index contributed by atoms with van der Waals surface area (Å²) >= 11 is 0. The number of carbonyl (C=O) groups excluding carboxylic acids is 1. The molecule has 1 amide bonds. The summed E-state index contributed by atoms with van der Waals surface area (Å²) in [4.78, 5) is 29.4.